The Kier molecular flexibility index (Phi) is 6.72. The Bertz CT molecular complexity index is 1320. The fourth-order valence-corrected chi connectivity index (χ4v) is 4.34. The molecule has 0 bridgehead atoms. The molecule has 0 spiro atoms. The topological polar surface area (TPSA) is 80.3 Å². The lowest BCUT2D eigenvalue weighted by atomic mass is 10.2. The highest BCUT2D eigenvalue weighted by Gasteiger charge is 2.17. The lowest BCUT2D eigenvalue weighted by Gasteiger charge is -2.10. The average molecular weight is 478 g/mol. The van der Waals surface area contributed by atoms with E-state index in [2.05, 4.69) is 15.6 Å². The van der Waals surface area contributed by atoms with Gasteiger partial charge in [-0.1, -0.05) is 35.9 Å². The van der Waals surface area contributed by atoms with Crippen LogP contribution in [0.1, 0.15) is 25.7 Å². The summed E-state index contributed by atoms with van der Waals surface area (Å²) in [6, 6.07) is 21.2. The Hall–Kier alpha value is -3.68. The number of thiazole rings is 1. The standard InChI is InChI=1S/C25H20ClN3O3S/c1-15-22(33-25(27-15)17-6-5-7-18(26)14-17)24(31)28-19-12-10-16(11-13-19)23(30)29-20-8-3-4-9-21(20)32-2/h3-14H,1-2H3,(H,28,31)(H,29,30). The highest BCUT2D eigenvalue weighted by Crippen LogP contribution is 2.30. The molecule has 1 aromatic heterocycles. The number of halogens is 1. The first kappa shape index (κ1) is 22.5. The SMILES string of the molecule is COc1ccccc1NC(=O)c1ccc(NC(=O)c2sc(-c3cccc(Cl)c3)nc2C)cc1. The van der Waals surface area contributed by atoms with Crippen molar-refractivity contribution >= 4 is 46.1 Å². The predicted octanol–water partition coefficient (Wildman–Crippen LogP) is 6.29. The van der Waals surface area contributed by atoms with Gasteiger partial charge in [-0.15, -0.1) is 11.3 Å². The number of nitrogens with one attached hydrogen (secondary N) is 2. The summed E-state index contributed by atoms with van der Waals surface area (Å²) in [5.41, 5.74) is 3.11. The van der Waals surface area contributed by atoms with Crippen molar-refractivity contribution in [3.05, 3.63) is 94.0 Å². The molecule has 0 atom stereocenters. The second-order valence-corrected chi connectivity index (χ2v) is 8.57. The molecule has 0 aliphatic rings. The zero-order chi connectivity index (χ0) is 23.4. The van der Waals surface area contributed by atoms with Gasteiger partial charge in [0.15, 0.2) is 0 Å². The Balaban J connectivity index is 1.45. The summed E-state index contributed by atoms with van der Waals surface area (Å²) in [7, 11) is 1.55. The number of benzene rings is 3. The summed E-state index contributed by atoms with van der Waals surface area (Å²) >= 11 is 7.37. The fraction of sp³-hybridized carbons (Fsp3) is 0.0800. The lowest BCUT2D eigenvalue weighted by Crippen LogP contribution is -2.14. The van der Waals surface area contributed by atoms with Gasteiger partial charge in [0.25, 0.3) is 11.8 Å². The number of aromatic nitrogens is 1. The van der Waals surface area contributed by atoms with Crippen molar-refractivity contribution in [1.82, 2.24) is 4.98 Å². The van der Waals surface area contributed by atoms with Gasteiger partial charge in [-0.3, -0.25) is 9.59 Å². The number of hydrogen-bond acceptors (Lipinski definition) is 5. The first-order chi connectivity index (χ1) is 15.9. The van der Waals surface area contributed by atoms with Crippen molar-refractivity contribution in [2.75, 3.05) is 17.7 Å². The summed E-state index contributed by atoms with van der Waals surface area (Å²) in [5, 5.41) is 7.03. The van der Waals surface area contributed by atoms with Crippen LogP contribution in [0, 0.1) is 6.92 Å². The van der Waals surface area contributed by atoms with Crippen molar-refractivity contribution < 1.29 is 14.3 Å². The summed E-state index contributed by atoms with van der Waals surface area (Å²) < 4.78 is 5.26. The van der Waals surface area contributed by atoms with Gasteiger partial charge in [0.2, 0.25) is 0 Å². The van der Waals surface area contributed by atoms with Gasteiger partial charge in [-0.05, 0) is 55.5 Å². The number of ether oxygens (including phenoxy) is 1. The Labute approximate surface area is 200 Å². The molecule has 6 nitrogen and oxygen atoms in total. The number of methoxy groups -OCH3 is 1. The van der Waals surface area contributed by atoms with Crippen molar-refractivity contribution in [2.45, 2.75) is 6.92 Å². The summed E-state index contributed by atoms with van der Waals surface area (Å²) in [4.78, 5) is 30.4. The Morgan fingerprint density at radius 1 is 0.939 bits per heavy atom. The molecule has 33 heavy (non-hydrogen) atoms. The van der Waals surface area contributed by atoms with E-state index in [-0.39, 0.29) is 11.8 Å². The van der Waals surface area contributed by atoms with Crippen LogP contribution >= 0.6 is 22.9 Å². The Morgan fingerprint density at radius 3 is 2.42 bits per heavy atom. The molecular formula is C25H20ClN3O3S. The van der Waals surface area contributed by atoms with E-state index in [1.165, 1.54) is 11.3 Å². The number of carbonyl (C=O) groups excluding carboxylic acids is 2. The van der Waals surface area contributed by atoms with E-state index in [1.807, 2.05) is 30.3 Å². The quantitative estimate of drug-likeness (QED) is 0.342. The highest BCUT2D eigenvalue weighted by atomic mass is 35.5. The molecule has 2 N–H and O–H groups in total. The van der Waals surface area contributed by atoms with E-state index in [9.17, 15) is 9.59 Å². The number of rotatable bonds is 6. The second-order valence-electron chi connectivity index (χ2n) is 7.13. The van der Waals surface area contributed by atoms with Crippen LogP contribution in [0.3, 0.4) is 0 Å². The molecule has 4 rings (SSSR count). The van der Waals surface area contributed by atoms with Crippen molar-refractivity contribution in [2.24, 2.45) is 0 Å². The van der Waals surface area contributed by atoms with Crippen LogP contribution in [-0.4, -0.2) is 23.9 Å². The maximum Gasteiger partial charge on any atom is 0.267 e. The van der Waals surface area contributed by atoms with Crippen LogP contribution in [0.4, 0.5) is 11.4 Å². The fourth-order valence-electron chi connectivity index (χ4n) is 3.19. The van der Waals surface area contributed by atoms with Crippen molar-refractivity contribution in [1.29, 1.82) is 0 Å². The molecule has 0 aliphatic heterocycles. The number of nitrogens with zero attached hydrogens (tertiary/aromatic N) is 1. The molecule has 2 amide bonds. The van der Waals surface area contributed by atoms with Crippen LogP contribution in [0.25, 0.3) is 10.6 Å². The minimum absolute atomic E-state index is 0.260. The van der Waals surface area contributed by atoms with E-state index < -0.39 is 0 Å². The molecular weight excluding hydrogens is 458 g/mol. The van der Waals surface area contributed by atoms with Crippen LogP contribution in [0.2, 0.25) is 5.02 Å². The minimum atomic E-state index is -0.276. The van der Waals surface area contributed by atoms with Gasteiger partial charge >= 0.3 is 0 Å². The maximum atomic E-state index is 12.8. The number of anilines is 2. The maximum absolute atomic E-state index is 12.8. The molecule has 0 unspecified atom stereocenters. The van der Waals surface area contributed by atoms with Gasteiger partial charge in [-0.2, -0.15) is 0 Å². The molecule has 0 fully saturated rings. The zero-order valence-corrected chi connectivity index (χ0v) is 19.5. The third-order valence-electron chi connectivity index (χ3n) is 4.83. The molecule has 166 valence electrons. The summed E-state index contributed by atoms with van der Waals surface area (Å²) in [6.07, 6.45) is 0. The van der Waals surface area contributed by atoms with E-state index in [4.69, 9.17) is 16.3 Å². The monoisotopic (exact) mass is 477 g/mol. The van der Waals surface area contributed by atoms with Crippen LogP contribution in [0.15, 0.2) is 72.8 Å². The van der Waals surface area contributed by atoms with E-state index in [1.54, 1.807) is 56.5 Å². The molecule has 0 saturated heterocycles. The second kappa shape index (κ2) is 9.85. The van der Waals surface area contributed by atoms with Gasteiger partial charge in [-0.25, -0.2) is 4.98 Å². The van der Waals surface area contributed by atoms with E-state index in [0.717, 1.165) is 10.6 Å². The van der Waals surface area contributed by atoms with Crippen molar-refractivity contribution in [3.8, 4) is 16.3 Å². The number of aryl methyl sites for hydroxylation is 1. The summed E-state index contributed by atoms with van der Waals surface area (Å²) in [6.45, 7) is 1.80. The smallest absolute Gasteiger partial charge is 0.267 e. The highest BCUT2D eigenvalue weighted by molar-refractivity contribution is 7.17. The first-order valence-corrected chi connectivity index (χ1v) is 11.2. The van der Waals surface area contributed by atoms with E-state index >= 15 is 0 Å². The van der Waals surface area contributed by atoms with Gasteiger partial charge < -0.3 is 15.4 Å². The van der Waals surface area contributed by atoms with Crippen LogP contribution in [-0.2, 0) is 0 Å². The molecule has 4 aromatic rings. The minimum Gasteiger partial charge on any atom is -0.495 e. The normalized spacial score (nSPS) is 10.5. The van der Waals surface area contributed by atoms with Crippen LogP contribution < -0.4 is 15.4 Å². The molecule has 8 heteroatoms. The molecule has 0 aliphatic carbocycles. The van der Waals surface area contributed by atoms with Crippen LogP contribution in [0.5, 0.6) is 5.75 Å². The predicted molar refractivity (Wildman–Crippen MR) is 133 cm³/mol. The lowest BCUT2D eigenvalue weighted by molar-refractivity contribution is 0.102. The molecule has 0 radical (unpaired) electrons. The first-order valence-electron chi connectivity index (χ1n) is 10.0. The largest absolute Gasteiger partial charge is 0.495 e. The number of para-hydroxylation sites is 2. The molecule has 0 saturated carbocycles. The number of carbonyl (C=O) groups is 2. The number of amides is 2. The van der Waals surface area contributed by atoms with Gasteiger partial charge in [0, 0.05) is 21.8 Å². The molecule has 3 aromatic carbocycles. The third kappa shape index (κ3) is 5.22. The summed E-state index contributed by atoms with van der Waals surface area (Å²) in [5.74, 6) is 0.0400. The van der Waals surface area contributed by atoms with E-state index in [0.29, 0.717) is 38.3 Å². The average Bonchev–Trinajstić information content (AvgIpc) is 3.21. The van der Waals surface area contributed by atoms with Gasteiger partial charge in [0.05, 0.1) is 18.5 Å². The Morgan fingerprint density at radius 2 is 1.70 bits per heavy atom. The van der Waals surface area contributed by atoms with Gasteiger partial charge in [0.1, 0.15) is 15.6 Å². The zero-order valence-electron chi connectivity index (χ0n) is 17.9. The third-order valence-corrected chi connectivity index (χ3v) is 6.27. The molecule has 1 heterocycles. The number of hydrogen-bond donors (Lipinski definition) is 2. The van der Waals surface area contributed by atoms with Crippen molar-refractivity contribution in [3.63, 3.8) is 0 Å².